The molecule has 2 aliphatic rings. The van der Waals surface area contributed by atoms with Gasteiger partial charge in [-0.2, -0.15) is 0 Å². The standard InChI is InChI=1S/C28H24F2N2O3/c1-2-17-14-21-24(33)16-28(12-3-4-13-31-28)35-25(21)15-20(17)18-8-10-19(11-9-18)32-27(34)26-22(29)6-5-7-23(26)30/h3-11,14-15,31H,2,12-13,16H2,1H3,(H,32,34). The van der Waals surface area contributed by atoms with Crippen LogP contribution in [0.3, 0.4) is 0 Å². The second-order valence-corrected chi connectivity index (χ2v) is 8.74. The molecular weight excluding hydrogens is 450 g/mol. The van der Waals surface area contributed by atoms with Gasteiger partial charge in [-0.05, 0) is 59.5 Å². The molecule has 1 amide bonds. The Balaban J connectivity index is 1.43. The molecule has 0 saturated heterocycles. The summed E-state index contributed by atoms with van der Waals surface area (Å²) in [5.41, 5.74) is 2.43. The van der Waals surface area contributed by atoms with E-state index in [0.29, 0.717) is 36.4 Å². The van der Waals surface area contributed by atoms with Gasteiger partial charge in [0.2, 0.25) is 0 Å². The molecule has 35 heavy (non-hydrogen) atoms. The topological polar surface area (TPSA) is 67.4 Å². The summed E-state index contributed by atoms with van der Waals surface area (Å²) in [6, 6.07) is 14.1. The molecule has 0 saturated carbocycles. The lowest BCUT2D eigenvalue weighted by Crippen LogP contribution is -2.55. The minimum absolute atomic E-state index is 0.0498. The summed E-state index contributed by atoms with van der Waals surface area (Å²) in [6.45, 7) is 2.67. The monoisotopic (exact) mass is 474 g/mol. The van der Waals surface area contributed by atoms with Crippen LogP contribution in [-0.4, -0.2) is 24.0 Å². The average molecular weight is 475 g/mol. The van der Waals surface area contributed by atoms with Crippen LogP contribution in [0.5, 0.6) is 5.75 Å². The van der Waals surface area contributed by atoms with E-state index in [-0.39, 0.29) is 12.2 Å². The molecule has 3 aromatic carbocycles. The number of amides is 1. The van der Waals surface area contributed by atoms with E-state index in [9.17, 15) is 18.4 Å². The van der Waals surface area contributed by atoms with Crippen molar-refractivity contribution >= 4 is 17.4 Å². The minimum atomic E-state index is -0.920. The summed E-state index contributed by atoms with van der Waals surface area (Å²) < 4.78 is 34.2. The molecule has 5 rings (SSSR count). The van der Waals surface area contributed by atoms with Gasteiger partial charge in [0.1, 0.15) is 22.9 Å². The zero-order chi connectivity index (χ0) is 24.6. The van der Waals surface area contributed by atoms with Gasteiger partial charge in [-0.1, -0.05) is 37.3 Å². The quantitative estimate of drug-likeness (QED) is 0.479. The highest BCUT2D eigenvalue weighted by molar-refractivity contribution is 6.05. The number of hydrogen-bond acceptors (Lipinski definition) is 4. The maximum absolute atomic E-state index is 13.9. The Kier molecular flexibility index (Phi) is 5.94. The third-order valence-electron chi connectivity index (χ3n) is 6.44. The first-order valence-corrected chi connectivity index (χ1v) is 11.5. The first-order chi connectivity index (χ1) is 16.9. The summed E-state index contributed by atoms with van der Waals surface area (Å²) in [6.07, 6.45) is 5.65. The summed E-state index contributed by atoms with van der Waals surface area (Å²) >= 11 is 0. The molecule has 1 atom stereocenters. The van der Waals surface area contributed by atoms with Crippen molar-refractivity contribution in [3.05, 3.63) is 95.1 Å². The van der Waals surface area contributed by atoms with E-state index < -0.39 is 28.8 Å². The molecule has 1 unspecified atom stereocenters. The molecule has 0 aromatic heterocycles. The smallest absolute Gasteiger partial charge is 0.261 e. The average Bonchev–Trinajstić information content (AvgIpc) is 2.84. The molecule has 178 valence electrons. The molecule has 1 spiro atoms. The highest BCUT2D eigenvalue weighted by Gasteiger charge is 2.40. The van der Waals surface area contributed by atoms with Crippen LogP contribution in [0.4, 0.5) is 14.5 Å². The van der Waals surface area contributed by atoms with Crippen LogP contribution in [-0.2, 0) is 6.42 Å². The number of fused-ring (bicyclic) bond motifs is 1. The number of hydrogen-bond donors (Lipinski definition) is 2. The van der Waals surface area contributed by atoms with Crippen molar-refractivity contribution in [2.75, 3.05) is 11.9 Å². The molecule has 2 aliphatic heterocycles. The van der Waals surface area contributed by atoms with Crippen molar-refractivity contribution in [1.82, 2.24) is 5.32 Å². The molecule has 3 aromatic rings. The van der Waals surface area contributed by atoms with Crippen LogP contribution in [0.1, 0.15) is 46.0 Å². The molecule has 0 aliphatic carbocycles. The zero-order valence-electron chi connectivity index (χ0n) is 19.2. The number of benzene rings is 3. The first-order valence-electron chi connectivity index (χ1n) is 11.5. The van der Waals surface area contributed by atoms with Crippen LogP contribution in [0.15, 0.2) is 66.7 Å². The van der Waals surface area contributed by atoms with Crippen LogP contribution in [0, 0.1) is 11.6 Å². The Bertz CT molecular complexity index is 1330. The van der Waals surface area contributed by atoms with Gasteiger partial charge in [0.25, 0.3) is 5.91 Å². The van der Waals surface area contributed by atoms with E-state index in [1.54, 1.807) is 12.1 Å². The zero-order valence-corrected chi connectivity index (χ0v) is 19.2. The van der Waals surface area contributed by atoms with Gasteiger partial charge in [-0.25, -0.2) is 8.78 Å². The van der Waals surface area contributed by atoms with Crippen LogP contribution < -0.4 is 15.4 Å². The number of carbonyl (C=O) groups excluding carboxylic acids is 2. The van der Waals surface area contributed by atoms with Gasteiger partial charge < -0.3 is 10.1 Å². The highest BCUT2D eigenvalue weighted by atomic mass is 19.1. The largest absolute Gasteiger partial charge is 0.471 e. The summed E-state index contributed by atoms with van der Waals surface area (Å²) in [5.74, 6) is -2.10. The van der Waals surface area contributed by atoms with Crippen molar-refractivity contribution in [2.24, 2.45) is 0 Å². The lowest BCUT2D eigenvalue weighted by molar-refractivity contribution is 0.0168. The summed E-state index contributed by atoms with van der Waals surface area (Å²) in [7, 11) is 0. The molecule has 0 fully saturated rings. The van der Waals surface area contributed by atoms with Gasteiger partial charge in [0.05, 0.1) is 12.0 Å². The maximum atomic E-state index is 13.9. The van der Waals surface area contributed by atoms with Gasteiger partial charge >= 0.3 is 0 Å². The second-order valence-electron chi connectivity index (χ2n) is 8.74. The van der Waals surface area contributed by atoms with E-state index in [2.05, 4.69) is 10.6 Å². The Morgan fingerprint density at radius 1 is 1.06 bits per heavy atom. The fraction of sp³-hybridized carbons (Fsp3) is 0.214. The first kappa shape index (κ1) is 22.9. The van der Waals surface area contributed by atoms with Crippen LogP contribution in [0.25, 0.3) is 11.1 Å². The number of ether oxygens (including phenoxy) is 1. The number of rotatable bonds is 4. The highest BCUT2D eigenvalue weighted by Crippen LogP contribution is 2.39. The number of anilines is 1. The molecule has 0 radical (unpaired) electrons. The third kappa shape index (κ3) is 4.35. The van der Waals surface area contributed by atoms with Gasteiger partial charge in [-0.15, -0.1) is 0 Å². The number of aryl methyl sites for hydroxylation is 1. The number of halogens is 2. The van der Waals surface area contributed by atoms with Crippen LogP contribution >= 0.6 is 0 Å². The second kappa shape index (κ2) is 9.07. The normalized spacial score (nSPS) is 18.8. The van der Waals surface area contributed by atoms with E-state index >= 15 is 0 Å². The summed E-state index contributed by atoms with van der Waals surface area (Å²) in [5, 5.41) is 5.86. The fourth-order valence-electron chi connectivity index (χ4n) is 4.62. The van der Waals surface area contributed by atoms with Gasteiger partial charge in [0, 0.05) is 18.7 Å². The van der Waals surface area contributed by atoms with E-state index in [1.807, 2.05) is 43.3 Å². The number of Topliss-reactive ketones (excluding diaryl/α,β-unsaturated/α-hetero) is 1. The van der Waals surface area contributed by atoms with E-state index in [0.717, 1.165) is 28.8 Å². The van der Waals surface area contributed by atoms with Crippen LogP contribution in [0.2, 0.25) is 0 Å². The summed E-state index contributed by atoms with van der Waals surface area (Å²) in [4.78, 5) is 25.3. The predicted molar refractivity (Wildman–Crippen MR) is 130 cm³/mol. The minimum Gasteiger partial charge on any atom is -0.471 e. The Morgan fingerprint density at radius 2 is 1.80 bits per heavy atom. The molecule has 0 bridgehead atoms. The molecule has 5 nitrogen and oxygen atoms in total. The number of carbonyl (C=O) groups is 2. The Labute approximate surface area is 201 Å². The van der Waals surface area contributed by atoms with Crippen molar-refractivity contribution < 1.29 is 23.1 Å². The molecule has 2 N–H and O–H groups in total. The number of nitrogens with one attached hydrogen (secondary N) is 2. The van der Waals surface area contributed by atoms with E-state index in [1.165, 1.54) is 6.07 Å². The third-order valence-corrected chi connectivity index (χ3v) is 6.44. The van der Waals surface area contributed by atoms with Gasteiger partial charge in [-0.3, -0.25) is 14.9 Å². The van der Waals surface area contributed by atoms with E-state index in [4.69, 9.17) is 4.74 Å². The molecule has 2 heterocycles. The Morgan fingerprint density at radius 3 is 2.46 bits per heavy atom. The lowest BCUT2D eigenvalue weighted by atomic mass is 9.88. The van der Waals surface area contributed by atoms with Crippen molar-refractivity contribution in [1.29, 1.82) is 0 Å². The SMILES string of the molecule is CCc1cc2c(cc1-c1ccc(NC(=O)c3c(F)cccc3F)cc1)OC1(CC=CCN1)CC2=O. The molecule has 7 heteroatoms. The maximum Gasteiger partial charge on any atom is 0.261 e. The fourth-order valence-corrected chi connectivity index (χ4v) is 4.62. The predicted octanol–water partition coefficient (Wildman–Crippen LogP) is 5.66. The van der Waals surface area contributed by atoms with Gasteiger partial charge in [0.15, 0.2) is 11.5 Å². The van der Waals surface area contributed by atoms with Crippen molar-refractivity contribution in [3.63, 3.8) is 0 Å². The van der Waals surface area contributed by atoms with Crippen molar-refractivity contribution in [2.45, 2.75) is 31.9 Å². The number of ketones is 1. The lowest BCUT2D eigenvalue weighted by Gasteiger charge is -2.39. The Hall–Kier alpha value is -3.84. The molecular formula is C28H24F2N2O3. The van der Waals surface area contributed by atoms with Crippen molar-refractivity contribution in [3.8, 4) is 16.9 Å².